The number of methoxy groups -OCH3 is 1. The monoisotopic (exact) mass is 471 g/mol. The van der Waals surface area contributed by atoms with Gasteiger partial charge in [0.25, 0.3) is 5.91 Å². The number of nitrogens with one attached hydrogen (secondary N) is 1. The summed E-state index contributed by atoms with van der Waals surface area (Å²) in [6.07, 6.45) is 2.04. The maximum absolute atomic E-state index is 13.2. The third kappa shape index (κ3) is 3.70. The molecule has 34 heavy (non-hydrogen) atoms. The van der Waals surface area contributed by atoms with E-state index in [-0.39, 0.29) is 5.91 Å². The molecule has 1 unspecified atom stereocenters. The van der Waals surface area contributed by atoms with Crippen LogP contribution in [0.2, 0.25) is 0 Å². The van der Waals surface area contributed by atoms with Crippen LogP contribution in [0.25, 0.3) is 21.0 Å². The van der Waals surface area contributed by atoms with Gasteiger partial charge in [-0.05, 0) is 36.2 Å². The zero-order valence-electron chi connectivity index (χ0n) is 18.4. The minimum Gasteiger partial charge on any atom is -0.497 e. The van der Waals surface area contributed by atoms with Crippen LogP contribution in [0.3, 0.4) is 0 Å². The Bertz CT molecular complexity index is 1530. The third-order valence-electron chi connectivity index (χ3n) is 5.74. The van der Waals surface area contributed by atoms with E-state index in [4.69, 9.17) is 10.5 Å². The van der Waals surface area contributed by atoms with Gasteiger partial charge in [0, 0.05) is 22.3 Å². The Morgan fingerprint density at radius 2 is 1.88 bits per heavy atom. The van der Waals surface area contributed by atoms with Crippen molar-refractivity contribution in [3.05, 3.63) is 82.8 Å². The minimum atomic E-state index is -0.943. The Hall–Kier alpha value is -4.08. The molecule has 0 aliphatic carbocycles. The van der Waals surface area contributed by atoms with E-state index in [2.05, 4.69) is 20.3 Å². The number of aryl methyl sites for hydroxylation is 1. The number of amides is 1. The van der Waals surface area contributed by atoms with E-state index in [0.29, 0.717) is 44.3 Å². The number of carbonyl (C=O) groups is 1. The summed E-state index contributed by atoms with van der Waals surface area (Å²) in [7, 11) is 1.59. The van der Waals surface area contributed by atoms with E-state index in [1.807, 2.05) is 25.1 Å². The van der Waals surface area contributed by atoms with Gasteiger partial charge in [-0.2, -0.15) is 0 Å². The first kappa shape index (κ1) is 21.7. The van der Waals surface area contributed by atoms with E-state index in [1.54, 1.807) is 43.0 Å². The van der Waals surface area contributed by atoms with Gasteiger partial charge in [-0.3, -0.25) is 9.78 Å². The van der Waals surface area contributed by atoms with Crippen LogP contribution in [0.4, 0.5) is 11.5 Å². The van der Waals surface area contributed by atoms with Crippen molar-refractivity contribution in [3.8, 4) is 5.75 Å². The zero-order valence-corrected chi connectivity index (χ0v) is 19.3. The van der Waals surface area contributed by atoms with Crippen molar-refractivity contribution in [1.29, 1.82) is 0 Å². The molecule has 3 heterocycles. The SMILES string of the molecule is COc1ccc(C(O)c2nccc3c(NC(=O)c4csc5c(N)ncnc45)c(C)ccc23)cc1. The average molecular weight is 472 g/mol. The number of carbonyl (C=O) groups excluding carboxylic acids is 1. The average Bonchev–Trinajstić information content (AvgIpc) is 3.30. The second kappa shape index (κ2) is 8.69. The molecule has 0 saturated heterocycles. The highest BCUT2D eigenvalue weighted by Gasteiger charge is 2.20. The molecule has 0 saturated carbocycles. The number of rotatable bonds is 5. The molecule has 0 fully saturated rings. The molecular weight excluding hydrogens is 450 g/mol. The lowest BCUT2D eigenvalue weighted by Crippen LogP contribution is -2.13. The van der Waals surface area contributed by atoms with Crippen LogP contribution in [0.5, 0.6) is 5.75 Å². The van der Waals surface area contributed by atoms with Crippen LogP contribution in [0, 0.1) is 6.92 Å². The van der Waals surface area contributed by atoms with Gasteiger partial charge in [0.05, 0.1) is 34.3 Å². The zero-order chi connectivity index (χ0) is 23.8. The van der Waals surface area contributed by atoms with Gasteiger partial charge in [-0.25, -0.2) is 9.97 Å². The number of benzene rings is 2. The number of aliphatic hydroxyl groups is 1. The van der Waals surface area contributed by atoms with Crippen molar-refractivity contribution in [2.24, 2.45) is 0 Å². The number of anilines is 2. The van der Waals surface area contributed by atoms with Crippen molar-refractivity contribution in [1.82, 2.24) is 15.0 Å². The molecule has 2 aromatic carbocycles. The van der Waals surface area contributed by atoms with Gasteiger partial charge >= 0.3 is 0 Å². The second-order valence-corrected chi connectivity index (χ2v) is 8.64. The number of nitrogens with two attached hydrogens (primary N) is 1. The van der Waals surface area contributed by atoms with E-state index in [9.17, 15) is 9.90 Å². The van der Waals surface area contributed by atoms with Gasteiger partial charge in [-0.1, -0.05) is 24.3 Å². The lowest BCUT2D eigenvalue weighted by atomic mass is 9.98. The molecule has 0 aliphatic heterocycles. The Morgan fingerprint density at radius 1 is 1.09 bits per heavy atom. The number of hydrogen-bond acceptors (Lipinski definition) is 8. The Kier molecular flexibility index (Phi) is 5.56. The largest absolute Gasteiger partial charge is 0.497 e. The molecule has 1 atom stereocenters. The molecule has 4 N–H and O–H groups in total. The van der Waals surface area contributed by atoms with Crippen molar-refractivity contribution in [3.63, 3.8) is 0 Å². The third-order valence-corrected chi connectivity index (χ3v) is 6.73. The van der Waals surface area contributed by atoms with Gasteiger partial charge in [0.15, 0.2) is 0 Å². The molecule has 8 nitrogen and oxygen atoms in total. The predicted molar refractivity (Wildman–Crippen MR) is 133 cm³/mol. The molecule has 5 aromatic rings. The van der Waals surface area contributed by atoms with Crippen molar-refractivity contribution in [2.45, 2.75) is 13.0 Å². The number of pyridine rings is 1. The number of nitrogen functional groups attached to an aromatic ring is 1. The molecular formula is C25H21N5O3S. The van der Waals surface area contributed by atoms with E-state index in [0.717, 1.165) is 16.3 Å². The summed E-state index contributed by atoms with van der Waals surface area (Å²) in [6.45, 7) is 1.92. The maximum atomic E-state index is 13.2. The summed E-state index contributed by atoms with van der Waals surface area (Å²) < 4.78 is 5.88. The summed E-state index contributed by atoms with van der Waals surface area (Å²) in [6, 6.07) is 12.8. The summed E-state index contributed by atoms with van der Waals surface area (Å²) in [5.74, 6) is 0.753. The summed E-state index contributed by atoms with van der Waals surface area (Å²) >= 11 is 1.33. The molecule has 170 valence electrons. The van der Waals surface area contributed by atoms with Gasteiger partial charge in [0.1, 0.15) is 24.0 Å². The molecule has 3 aromatic heterocycles. The number of aliphatic hydroxyl groups excluding tert-OH is 1. The first-order valence-corrected chi connectivity index (χ1v) is 11.3. The van der Waals surface area contributed by atoms with Gasteiger partial charge in [0.2, 0.25) is 0 Å². The van der Waals surface area contributed by atoms with Crippen LogP contribution < -0.4 is 15.8 Å². The fraction of sp³-hybridized carbons (Fsp3) is 0.120. The normalized spacial score (nSPS) is 12.1. The lowest BCUT2D eigenvalue weighted by Gasteiger charge is -2.17. The number of aromatic nitrogens is 3. The summed E-state index contributed by atoms with van der Waals surface area (Å²) in [5, 5.41) is 17.4. The number of hydrogen-bond donors (Lipinski definition) is 3. The van der Waals surface area contributed by atoms with Gasteiger partial charge in [-0.15, -0.1) is 11.3 Å². The van der Waals surface area contributed by atoms with E-state index >= 15 is 0 Å². The summed E-state index contributed by atoms with van der Waals surface area (Å²) in [4.78, 5) is 25.9. The molecule has 0 aliphatic rings. The lowest BCUT2D eigenvalue weighted by molar-refractivity contribution is 0.102. The van der Waals surface area contributed by atoms with Crippen molar-refractivity contribution < 1.29 is 14.6 Å². The number of ether oxygens (including phenoxy) is 1. The first-order chi connectivity index (χ1) is 16.5. The fourth-order valence-electron chi connectivity index (χ4n) is 3.93. The van der Waals surface area contributed by atoms with Crippen LogP contribution in [0.15, 0.2) is 60.4 Å². The van der Waals surface area contributed by atoms with Crippen molar-refractivity contribution in [2.75, 3.05) is 18.2 Å². The number of nitrogens with zero attached hydrogens (tertiary/aromatic N) is 3. The van der Waals surface area contributed by atoms with Crippen LogP contribution in [-0.4, -0.2) is 33.1 Å². The topological polar surface area (TPSA) is 123 Å². The second-order valence-electron chi connectivity index (χ2n) is 7.76. The standard InChI is InChI=1S/C25H21N5O3S/c1-13-3-8-16-17(9-10-27-20(16)22(31)14-4-6-15(33-2)7-5-14)19(13)30-25(32)18-11-34-23-21(18)28-12-29-24(23)26/h3-12,22,31H,1-2H3,(H,30,32)(H2,26,28,29). The number of fused-ring (bicyclic) bond motifs is 2. The smallest absolute Gasteiger partial charge is 0.258 e. The quantitative estimate of drug-likeness (QED) is 0.345. The molecule has 1 amide bonds. The van der Waals surface area contributed by atoms with E-state index in [1.165, 1.54) is 17.7 Å². The van der Waals surface area contributed by atoms with E-state index < -0.39 is 6.10 Å². The molecule has 0 spiro atoms. The van der Waals surface area contributed by atoms with Crippen molar-refractivity contribution >= 4 is 49.7 Å². The molecule has 9 heteroatoms. The fourth-order valence-corrected chi connectivity index (χ4v) is 4.83. The first-order valence-electron chi connectivity index (χ1n) is 10.5. The highest BCUT2D eigenvalue weighted by molar-refractivity contribution is 7.18. The highest BCUT2D eigenvalue weighted by Crippen LogP contribution is 2.34. The van der Waals surface area contributed by atoms with Crippen LogP contribution >= 0.6 is 11.3 Å². The molecule has 0 bridgehead atoms. The highest BCUT2D eigenvalue weighted by atomic mass is 32.1. The Morgan fingerprint density at radius 3 is 2.65 bits per heavy atom. The molecule has 5 rings (SSSR count). The number of thiophene rings is 1. The Labute approximate surface area is 199 Å². The molecule has 0 radical (unpaired) electrons. The minimum absolute atomic E-state index is 0.297. The Balaban J connectivity index is 1.55. The maximum Gasteiger partial charge on any atom is 0.258 e. The van der Waals surface area contributed by atoms with Crippen LogP contribution in [-0.2, 0) is 0 Å². The predicted octanol–water partition coefficient (Wildman–Crippen LogP) is 4.47. The summed E-state index contributed by atoms with van der Waals surface area (Å²) in [5.41, 5.74) is 9.58. The van der Waals surface area contributed by atoms with Gasteiger partial charge < -0.3 is 20.9 Å². The van der Waals surface area contributed by atoms with Crippen LogP contribution in [0.1, 0.15) is 33.3 Å².